The third-order valence-electron chi connectivity index (χ3n) is 3.76. The second-order valence-corrected chi connectivity index (χ2v) is 7.11. The van der Waals surface area contributed by atoms with Gasteiger partial charge in [0, 0.05) is 17.7 Å². The number of nitrogens with zero attached hydrogens (tertiary/aromatic N) is 2. The molecule has 0 bridgehead atoms. The molecule has 1 heterocycles. The van der Waals surface area contributed by atoms with Crippen LogP contribution in [0.2, 0.25) is 0 Å². The van der Waals surface area contributed by atoms with Gasteiger partial charge in [-0.15, -0.1) is 5.10 Å². The molecule has 0 radical (unpaired) electrons. The van der Waals surface area contributed by atoms with Crippen LogP contribution < -0.4 is 10.6 Å². The normalized spacial score (nSPS) is 18.0. The lowest BCUT2D eigenvalue weighted by atomic mass is 10.2. The molecule has 0 aromatic heterocycles. The number of carbonyl (C=O) groups excluding carboxylic acids is 2. The summed E-state index contributed by atoms with van der Waals surface area (Å²) < 4.78 is 0. The van der Waals surface area contributed by atoms with Crippen molar-refractivity contribution in [2.24, 2.45) is 10.2 Å². The third kappa shape index (κ3) is 5.18. The number of hydrogen-bond donors (Lipinski definition) is 3. The van der Waals surface area contributed by atoms with Crippen LogP contribution in [0.1, 0.15) is 17.5 Å². The van der Waals surface area contributed by atoms with E-state index in [-0.39, 0.29) is 24.0 Å². The van der Waals surface area contributed by atoms with Gasteiger partial charge >= 0.3 is 0 Å². The van der Waals surface area contributed by atoms with E-state index in [9.17, 15) is 14.7 Å². The van der Waals surface area contributed by atoms with Gasteiger partial charge in [0.2, 0.25) is 11.8 Å². The molecule has 0 saturated carbocycles. The number of thioether (sulfide) groups is 1. The molecule has 138 valence electrons. The molecule has 2 amide bonds. The molecule has 2 aromatic carbocycles. The first kappa shape index (κ1) is 18.7. The maximum Gasteiger partial charge on any atom is 0.240 e. The molecular formula is C19H18N4O3S. The Morgan fingerprint density at radius 3 is 2.74 bits per heavy atom. The number of amidine groups is 1. The second kappa shape index (κ2) is 8.50. The number of phenols is 1. The molecule has 0 aliphatic carbocycles. The van der Waals surface area contributed by atoms with E-state index in [2.05, 4.69) is 20.8 Å². The zero-order valence-electron chi connectivity index (χ0n) is 14.5. The maximum atomic E-state index is 12.1. The summed E-state index contributed by atoms with van der Waals surface area (Å²) in [6, 6.07) is 14.1. The van der Waals surface area contributed by atoms with Crippen molar-refractivity contribution in [2.75, 3.05) is 5.32 Å². The van der Waals surface area contributed by atoms with E-state index < -0.39 is 5.25 Å². The number of anilines is 1. The van der Waals surface area contributed by atoms with E-state index in [4.69, 9.17) is 0 Å². The van der Waals surface area contributed by atoms with Gasteiger partial charge in [-0.1, -0.05) is 41.6 Å². The summed E-state index contributed by atoms with van der Waals surface area (Å²) in [5, 5.41) is 22.6. The first-order valence-corrected chi connectivity index (χ1v) is 9.12. The van der Waals surface area contributed by atoms with Gasteiger partial charge in [-0.25, -0.2) is 0 Å². The molecule has 1 aliphatic rings. The van der Waals surface area contributed by atoms with Crippen LogP contribution in [0.3, 0.4) is 0 Å². The summed E-state index contributed by atoms with van der Waals surface area (Å²) in [7, 11) is 0. The van der Waals surface area contributed by atoms with E-state index >= 15 is 0 Å². The fraction of sp³-hybridized carbons (Fsp3) is 0.158. The van der Waals surface area contributed by atoms with Crippen molar-refractivity contribution >= 4 is 40.6 Å². The highest BCUT2D eigenvalue weighted by Crippen LogP contribution is 2.23. The molecule has 0 unspecified atom stereocenters. The molecule has 1 saturated heterocycles. The topological polar surface area (TPSA) is 103 Å². The highest BCUT2D eigenvalue weighted by molar-refractivity contribution is 8.15. The minimum Gasteiger partial charge on any atom is -0.507 e. The third-order valence-corrected chi connectivity index (χ3v) is 4.84. The van der Waals surface area contributed by atoms with Crippen LogP contribution in [-0.2, 0) is 9.59 Å². The van der Waals surface area contributed by atoms with Crippen molar-refractivity contribution < 1.29 is 14.7 Å². The van der Waals surface area contributed by atoms with Crippen LogP contribution in [0.5, 0.6) is 5.75 Å². The maximum absolute atomic E-state index is 12.1. The first-order valence-electron chi connectivity index (χ1n) is 8.24. The minimum absolute atomic E-state index is 0.0343. The number of rotatable bonds is 5. The summed E-state index contributed by atoms with van der Waals surface area (Å²) in [5.41, 5.74) is 2.31. The molecule has 3 rings (SSSR count). The van der Waals surface area contributed by atoms with E-state index in [0.29, 0.717) is 16.4 Å². The Morgan fingerprint density at radius 2 is 2.00 bits per heavy atom. The Bertz CT molecular complexity index is 909. The van der Waals surface area contributed by atoms with E-state index in [1.54, 1.807) is 24.3 Å². The highest BCUT2D eigenvalue weighted by atomic mass is 32.2. The Kier molecular flexibility index (Phi) is 5.87. The zero-order valence-corrected chi connectivity index (χ0v) is 15.4. The summed E-state index contributed by atoms with van der Waals surface area (Å²) in [6.07, 6.45) is 1.43. The molecule has 1 fully saturated rings. The van der Waals surface area contributed by atoms with Crippen LogP contribution in [-0.4, -0.2) is 33.6 Å². The molecule has 3 N–H and O–H groups in total. The predicted molar refractivity (Wildman–Crippen MR) is 107 cm³/mol. The van der Waals surface area contributed by atoms with Crippen molar-refractivity contribution in [1.82, 2.24) is 5.32 Å². The van der Waals surface area contributed by atoms with Crippen molar-refractivity contribution in [3.8, 4) is 5.75 Å². The van der Waals surface area contributed by atoms with Crippen molar-refractivity contribution in [3.63, 3.8) is 0 Å². The Hall–Kier alpha value is -3.13. The van der Waals surface area contributed by atoms with Gasteiger partial charge in [0.1, 0.15) is 11.0 Å². The smallest absolute Gasteiger partial charge is 0.240 e. The van der Waals surface area contributed by atoms with Gasteiger partial charge in [0.15, 0.2) is 5.17 Å². The average Bonchev–Trinajstić information content (AvgIpc) is 2.98. The van der Waals surface area contributed by atoms with Crippen molar-refractivity contribution in [1.29, 1.82) is 0 Å². The van der Waals surface area contributed by atoms with Crippen LogP contribution in [0.15, 0.2) is 58.7 Å². The number of aryl methyl sites for hydroxylation is 1. The van der Waals surface area contributed by atoms with Crippen LogP contribution in [0.25, 0.3) is 0 Å². The molecular weight excluding hydrogens is 364 g/mol. The fourth-order valence-electron chi connectivity index (χ4n) is 2.34. The first-order chi connectivity index (χ1) is 13.0. The van der Waals surface area contributed by atoms with Crippen LogP contribution >= 0.6 is 11.8 Å². The van der Waals surface area contributed by atoms with Crippen LogP contribution in [0.4, 0.5) is 5.69 Å². The van der Waals surface area contributed by atoms with Gasteiger partial charge in [-0.3, -0.25) is 9.59 Å². The standard InChI is InChI=1S/C19H18N4O3S/c1-12-6-8-14(9-7-12)21-17(25)10-16-18(26)22-19(27-16)23-20-11-13-4-2-3-5-15(13)24/h2-9,11,16,24H,10H2,1H3,(H,21,25)(H,22,23,26)/b20-11-/t16-/m0/s1. The lowest BCUT2D eigenvalue weighted by Crippen LogP contribution is -2.28. The summed E-state index contributed by atoms with van der Waals surface area (Å²) in [5.74, 6) is -0.434. The Labute approximate surface area is 160 Å². The molecule has 2 aromatic rings. The van der Waals surface area contributed by atoms with E-state index in [1.165, 1.54) is 6.21 Å². The number of para-hydroxylation sites is 1. The number of carbonyl (C=O) groups is 2. The second-order valence-electron chi connectivity index (χ2n) is 5.92. The SMILES string of the molecule is Cc1ccc(NC(=O)C[C@@H]2S/C(=N\N=C/c3ccccc3O)NC2=O)cc1. The predicted octanol–water partition coefficient (Wildman–Crippen LogP) is 2.65. The molecule has 0 spiro atoms. The molecule has 7 nitrogen and oxygen atoms in total. The monoisotopic (exact) mass is 382 g/mol. The van der Waals surface area contributed by atoms with Gasteiger partial charge < -0.3 is 15.7 Å². The quantitative estimate of drug-likeness (QED) is 0.546. The zero-order chi connectivity index (χ0) is 19.2. The number of aromatic hydroxyl groups is 1. The lowest BCUT2D eigenvalue weighted by Gasteiger charge is -2.07. The highest BCUT2D eigenvalue weighted by Gasteiger charge is 2.32. The Balaban J connectivity index is 1.56. The number of hydrogen-bond acceptors (Lipinski definition) is 6. The summed E-state index contributed by atoms with van der Waals surface area (Å²) in [4.78, 5) is 24.2. The molecule has 1 aliphatic heterocycles. The lowest BCUT2D eigenvalue weighted by molar-refractivity contribution is -0.122. The molecule has 8 heteroatoms. The van der Waals surface area contributed by atoms with Gasteiger partial charge in [-0.2, -0.15) is 5.10 Å². The van der Waals surface area contributed by atoms with Crippen molar-refractivity contribution in [3.05, 3.63) is 59.7 Å². The van der Waals surface area contributed by atoms with E-state index in [1.807, 2.05) is 31.2 Å². The number of phenolic OH excluding ortho intramolecular Hbond substituents is 1. The number of nitrogens with one attached hydrogen (secondary N) is 2. The average molecular weight is 382 g/mol. The molecule has 1 atom stereocenters. The Morgan fingerprint density at radius 1 is 1.26 bits per heavy atom. The van der Waals surface area contributed by atoms with Gasteiger partial charge in [0.25, 0.3) is 0 Å². The summed E-state index contributed by atoms with van der Waals surface area (Å²) in [6.45, 7) is 1.97. The minimum atomic E-state index is -0.561. The largest absolute Gasteiger partial charge is 0.507 e. The number of benzene rings is 2. The van der Waals surface area contributed by atoms with Gasteiger partial charge in [-0.05, 0) is 31.2 Å². The van der Waals surface area contributed by atoms with Crippen molar-refractivity contribution in [2.45, 2.75) is 18.6 Å². The number of amides is 2. The summed E-state index contributed by atoms with van der Waals surface area (Å²) >= 11 is 1.15. The fourth-order valence-corrected chi connectivity index (χ4v) is 3.27. The van der Waals surface area contributed by atoms with Gasteiger partial charge in [0.05, 0.1) is 6.21 Å². The molecule has 27 heavy (non-hydrogen) atoms. The van der Waals surface area contributed by atoms with E-state index in [0.717, 1.165) is 17.3 Å². The van der Waals surface area contributed by atoms with Crippen LogP contribution in [0, 0.1) is 6.92 Å².